The lowest BCUT2D eigenvalue weighted by Gasteiger charge is -2.48. The molecule has 0 fully saturated rings. The minimum atomic E-state index is -2.37. The second kappa shape index (κ2) is 13.8. The quantitative estimate of drug-likeness (QED) is 0.163. The fourth-order valence-corrected chi connectivity index (χ4v) is 14.7. The van der Waals surface area contributed by atoms with Gasteiger partial charge in [0.05, 0.1) is 0 Å². The summed E-state index contributed by atoms with van der Waals surface area (Å²) in [4.78, 5) is 5.02. The Labute approximate surface area is 408 Å². The fourth-order valence-electron chi connectivity index (χ4n) is 14.7. The molecule has 2 aliphatic heterocycles. The van der Waals surface area contributed by atoms with E-state index in [1.807, 2.05) is 6.07 Å². The summed E-state index contributed by atoms with van der Waals surface area (Å²) in [5.74, 6) is 0. The predicted molar refractivity (Wildman–Crippen MR) is 290 cm³/mol. The van der Waals surface area contributed by atoms with E-state index in [-0.39, 0.29) is 44.6 Å². The third-order valence-corrected chi connectivity index (χ3v) is 18.1. The molecule has 0 saturated heterocycles. The van der Waals surface area contributed by atoms with Crippen molar-refractivity contribution in [2.75, 3.05) is 9.80 Å². The summed E-state index contributed by atoms with van der Waals surface area (Å²) in [5.41, 5.74) is 23.5. The highest BCUT2D eigenvalue weighted by Gasteiger charge is 2.49. The van der Waals surface area contributed by atoms with Gasteiger partial charge in [-0.2, -0.15) is 0 Å². The summed E-state index contributed by atoms with van der Waals surface area (Å²) in [6, 6.07) is 37.3. The van der Waals surface area contributed by atoms with Gasteiger partial charge in [-0.1, -0.05) is 158 Å². The summed E-state index contributed by atoms with van der Waals surface area (Å²) >= 11 is 0. The van der Waals surface area contributed by atoms with Crippen LogP contribution in [0.15, 0.2) is 97.1 Å². The molecule has 0 atom stereocenters. The first-order valence-electron chi connectivity index (χ1n) is 26.8. The van der Waals surface area contributed by atoms with Gasteiger partial charge in [0.15, 0.2) is 0 Å². The van der Waals surface area contributed by atoms with E-state index in [0.29, 0.717) is 5.56 Å². The fraction of sp³-hybridized carbons (Fsp3) is 0.438. The van der Waals surface area contributed by atoms with E-state index in [1.54, 1.807) is 0 Å². The summed E-state index contributed by atoms with van der Waals surface area (Å²) < 4.78 is 27.8. The maximum atomic E-state index is 9.27. The molecular formula is C64H75BN2. The van der Waals surface area contributed by atoms with Crippen molar-refractivity contribution in [1.82, 2.24) is 0 Å². The van der Waals surface area contributed by atoms with Crippen molar-refractivity contribution in [3.8, 4) is 0 Å². The van der Waals surface area contributed by atoms with Crippen LogP contribution in [0.25, 0.3) is 0 Å². The predicted octanol–water partition coefficient (Wildman–Crippen LogP) is 15.3. The molecule has 11 rings (SSSR count). The van der Waals surface area contributed by atoms with E-state index in [1.165, 1.54) is 77.7 Å². The molecule has 3 aliphatic carbocycles. The van der Waals surface area contributed by atoms with E-state index in [2.05, 4.69) is 212 Å². The minimum Gasteiger partial charge on any atom is -0.311 e. The molecule has 0 saturated carbocycles. The first-order valence-corrected chi connectivity index (χ1v) is 25.3. The third-order valence-electron chi connectivity index (χ3n) is 18.1. The smallest absolute Gasteiger partial charge is 0.252 e. The Morgan fingerprint density at radius 2 is 0.881 bits per heavy atom. The topological polar surface area (TPSA) is 6.48 Å². The number of anilines is 6. The highest BCUT2D eigenvalue weighted by atomic mass is 15.2. The number of aryl methyl sites for hydroxylation is 3. The zero-order valence-corrected chi connectivity index (χ0v) is 43.5. The van der Waals surface area contributed by atoms with Crippen LogP contribution in [0.4, 0.5) is 34.1 Å². The summed E-state index contributed by atoms with van der Waals surface area (Å²) in [7, 11) is 0. The number of benzene rings is 6. The second-order valence-electron chi connectivity index (χ2n) is 26.3. The van der Waals surface area contributed by atoms with Gasteiger partial charge in [0.1, 0.15) is 0 Å². The van der Waals surface area contributed by atoms with E-state index < -0.39 is 6.85 Å². The number of rotatable bonds is 4. The van der Waals surface area contributed by atoms with Gasteiger partial charge < -0.3 is 9.80 Å². The van der Waals surface area contributed by atoms with Crippen LogP contribution in [0.2, 0.25) is 0 Å². The lowest BCUT2D eigenvalue weighted by atomic mass is 9.33. The van der Waals surface area contributed by atoms with Crippen LogP contribution in [0.3, 0.4) is 0 Å². The maximum Gasteiger partial charge on any atom is 0.252 e. The minimum absolute atomic E-state index is 0.0206. The Kier molecular flexibility index (Phi) is 8.46. The molecule has 0 spiro atoms. The van der Waals surface area contributed by atoms with Gasteiger partial charge >= 0.3 is 0 Å². The molecule has 0 N–H and O–H groups in total. The van der Waals surface area contributed by atoms with Gasteiger partial charge in [0, 0.05) is 43.7 Å². The molecule has 67 heavy (non-hydrogen) atoms. The summed E-state index contributed by atoms with van der Waals surface area (Å²) in [6.45, 7) is 35.6. The average Bonchev–Trinajstić information content (AvgIpc) is 3.56. The Bertz CT molecular complexity index is 3220. The van der Waals surface area contributed by atoms with Crippen LogP contribution >= 0.6 is 0 Å². The molecule has 0 unspecified atom stereocenters. The van der Waals surface area contributed by atoms with Gasteiger partial charge in [0.25, 0.3) is 6.71 Å². The molecule has 2 heterocycles. The van der Waals surface area contributed by atoms with Crippen LogP contribution in [-0.4, -0.2) is 6.71 Å². The van der Waals surface area contributed by atoms with E-state index in [0.717, 1.165) is 54.1 Å². The number of fused-ring (bicyclic) bond motifs is 7. The molecule has 5 aliphatic rings. The van der Waals surface area contributed by atoms with Gasteiger partial charge in [-0.25, -0.2) is 0 Å². The van der Waals surface area contributed by atoms with Gasteiger partial charge in [-0.05, 0) is 193 Å². The number of hydrogen-bond acceptors (Lipinski definition) is 2. The largest absolute Gasteiger partial charge is 0.311 e. The van der Waals surface area contributed by atoms with Crippen LogP contribution < -0.4 is 26.2 Å². The second-order valence-corrected chi connectivity index (χ2v) is 26.3. The van der Waals surface area contributed by atoms with Gasteiger partial charge in [0.2, 0.25) is 0 Å². The van der Waals surface area contributed by atoms with Crippen LogP contribution in [0.1, 0.15) is 188 Å². The highest BCUT2D eigenvalue weighted by Crippen LogP contribution is 2.56. The Hall–Kier alpha value is -5.02. The van der Waals surface area contributed by atoms with Crippen molar-refractivity contribution in [2.24, 2.45) is 0 Å². The normalized spacial score (nSPS) is 21.3. The molecule has 0 bridgehead atoms. The van der Waals surface area contributed by atoms with E-state index in [9.17, 15) is 4.11 Å². The lowest BCUT2D eigenvalue weighted by molar-refractivity contribution is 0.332. The van der Waals surface area contributed by atoms with E-state index in [4.69, 9.17) is 0 Å². The molecule has 0 aromatic heterocycles. The first kappa shape index (κ1) is 41.0. The highest BCUT2D eigenvalue weighted by molar-refractivity contribution is 7.00. The molecule has 6 aromatic carbocycles. The molecule has 344 valence electrons. The van der Waals surface area contributed by atoms with Gasteiger partial charge in [-0.15, -0.1) is 0 Å². The monoisotopic (exact) mass is 886 g/mol. The molecular weight excluding hydrogens is 808 g/mol. The number of hydrogen-bond donors (Lipinski definition) is 0. The molecule has 3 heteroatoms. The Morgan fingerprint density at radius 1 is 0.448 bits per heavy atom. The van der Waals surface area contributed by atoms with Crippen molar-refractivity contribution in [2.45, 2.75) is 181 Å². The van der Waals surface area contributed by atoms with Crippen molar-refractivity contribution in [3.63, 3.8) is 0 Å². The zero-order chi connectivity index (χ0) is 50.4. The van der Waals surface area contributed by atoms with E-state index >= 15 is 0 Å². The Balaban J connectivity index is 1.30. The zero-order valence-electron chi connectivity index (χ0n) is 46.5. The molecule has 0 radical (unpaired) electrons. The van der Waals surface area contributed by atoms with Crippen molar-refractivity contribution in [3.05, 3.63) is 158 Å². The van der Waals surface area contributed by atoms with Crippen LogP contribution in [0, 0.1) is 20.7 Å². The SMILES string of the molecule is [2H]C([2H])([2H])c1cc2c3c(c1)N(c1cc4c(cc1C)C(C)(C)CC4(C)C)c1cc4c(cc1B3c1ccc(C(C)(C)c3ccccc3)cc1N2c1cc2c(cc1C)C(C)(C)CC2(C)C)C(C)(C)CCC4(C)C. The maximum absolute atomic E-state index is 9.27. The van der Waals surface area contributed by atoms with Crippen molar-refractivity contribution in [1.29, 1.82) is 0 Å². The lowest BCUT2D eigenvalue weighted by Crippen LogP contribution is -2.62. The summed E-state index contributed by atoms with van der Waals surface area (Å²) in [5, 5.41) is 0. The average molecular weight is 886 g/mol. The standard InChI is InChI=1S/C64H75BN2/c1-38-27-55-57-56(28-38)67(52-34-48-44(30-40(52)3)61(10,11)37-63(48,14)15)54-35-46-45(58(4,5)25-26-59(46,6)7)32-50(54)65(57)49-24-23-42(64(16,17)41-21-19-18-20-22-41)31-53(49)66(55)51-33-47-43(29-39(51)2)60(8,9)36-62(47,12)13/h18-24,27-35H,25-26,36-37H2,1-17H3/i1D3. The molecule has 6 aromatic rings. The Morgan fingerprint density at radius 3 is 1.37 bits per heavy atom. The molecule has 0 amide bonds. The first-order chi connectivity index (χ1) is 32.4. The molecule has 2 nitrogen and oxygen atoms in total. The van der Waals surface area contributed by atoms with Crippen LogP contribution in [0.5, 0.6) is 0 Å². The van der Waals surface area contributed by atoms with Crippen LogP contribution in [-0.2, 0) is 37.9 Å². The van der Waals surface area contributed by atoms with Crippen molar-refractivity contribution < 1.29 is 4.11 Å². The van der Waals surface area contributed by atoms with Crippen molar-refractivity contribution >= 4 is 57.2 Å². The summed E-state index contributed by atoms with van der Waals surface area (Å²) in [6.07, 6.45) is 4.35. The third kappa shape index (κ3) is 6.34. The number of nitrogens with zero attached hydrogens (tertiary/aromatic N) is 2. The van der Waals surface area contributed by atoms with Gasteiger partial charge in [-0.3, -0.25) is 0 Å².